The zero-order valence-corrected chi connectivity index (χ0v) is 22.5. The Morgan fingerprint density at radius 1 is 0.950 bits per heavy atom. The van der Waals surface area contributed by atoms with Crippen molar-refractivity contribution in [1.82, 2.24) is 10.2 Å². The maximum absolute atomic E-state index is 13.7. The summed E-state index contributed by atoms with van der Waals surface area (Å²) in [6, 6.07) is 24.3. The lowest BCUT2D eigenvalue weighted by molar-refractivity contribution is -0.142. The van der Waals surface area contributed by atoms with E-state index in [1.165, 1.54) is 0 Å². The molecule has 1 heterocycles. The van der Waals surface area contributed by atoms with Gasteiger partial charge >= 0.3 is 12.1 Å². The molecule has 3 aromatic rings. The average molecular weight is 543 g/mol. The van der Waals surface area contributed by atoms with Gasteiger partial charge in [-0.2, -0.15) is 0 Å². The first kappa shape index (κ1) is 27.4. The van der Waals surface area contributed by atoms with Crippen LogP contribution in [0.25, 0.3) is 11.1 Å². The van der Waals surface area contributed by atoms with E-state index in [2.05, 4.69) is 17.4 Å². The van der Waals surface area contributed by atoms with Gasteiger partial charge in [-0.3, -0.25) is 9.59 Å². The minimum atomic E-state index is -1.03. The number of alkyl carbamates (subject to hydrolysis) is 1. The van der Waals surface area contributed by atoms with Gasteiger partial charge in [0.05, 0.1) is 19.1 Å². The van der Waals surface area contributed by atoms with Gasteiger partial charge in [0.25, 0.3) is 0 Å². The van der Waals surface area contributed by atoms with Crippen LogP contribution in [0.4, 0.5) is 4.79 Å². The van der Waals surface area contributed by atoms with Crippen molar-refractivity contribution in [1.29, 1.82) is 0 Å². The van der Waals surface area contributed by atoms with E-state index in [1.54, 1.807) is 11.8 Å². The number of hydrogen-bond donors (Lipinski definition) is 2. The zero-order chi connectivity index (χ0) is 28.1. The fraction of sp³-hybridized carbons (Fsp3) is 0.344. The summed E-state index contributed by atoms with van der Waals surface area (Å²) >= 11 is 0. The number of ether oxygens (including phenoxy) is 2. The van der Waals surface area contributed by atoms with E-state index in [-0.39, 0.29) is 31.5 Å². The van der Waals surface area contributed by atoms with Gasteiger partial charge < -0.3 is 24.8 Å². The number of hydrogen-bond acceptors (Lipinski definition) is 5. The van der Waals surface area contributed by atoms with Crippen molar-refractivity contribution in [3.8, 4) is 11.1 Å². The van der Waals surface area contributed by atoms with E-state index in [4.69, 9.17) is 9.47 Å². The summed E-state index contributed by atoms with van der Waals surface area (Å²) in [5, 5.41) is 12.1. The minimum Gasteiger partial charge on any atom is -0.481 e. The lowest BCUT2D eigenvalue weighted by atomic mass is 9.98. The number of carbonyl (C=O) groups excluding carboxylic acids is 2. The van der Waals surface area contributed by atoms with Crippen LogP contribution >= 0.6 is 0 Å². The van der Waals surface area contributed by atoms with Crippen LogP contribution in [-0.2, 0) is 25.7 Å². The van der Waals surface area contributed by atoms with E-state index < -0.39 is 30.3 Å². The Labute approximate surface area is 233 Å². The molecule has 0 aromatic heterocycles. The van der Waals surface area contributed by atoms with Crippen molar-refractivity contribution in [3.05, 3.63) is 95.6 Å². The Kier molecular flexibility index (Phi) is 8.45. The number of rotatable bonds is 10. The molecule has 1 aliphatic heterocycles. The number of nitrogens with one attached hydrogen (secondary N) is 1. The van der Waals surface area contributed by atoms with E-state index in [9.17, 15) is 19.5 Å². The van der Waals surface area contributed by atoms with Crippen molar-refractivity contribution in [2.75, 3.05) is 13.2 Å². The standard InChI is InChI=1S/C32H34N2O6/c1-21(39-19-22-10-3-2-4-11-22)30(31(37)34-17-9-12-23(34)18-29(35)36)33-32(38)40-20-28-26-15-7-5-13-24(26)25-14-6-8-16-27(25)28/h2-8,10-11,13-16,21,23,28,30H,9,12,17-20H2,1H3,(H,33,38)(H,35,36)/t21-,23+,30+/m0/s1. The van der Waals surface area contributed by atoms with Crippen LogP contribution in [0.15, 0.2) is 78.9 Å². The van der Waals surface area contributed by atoms with Crippen LogP contribution in [0.2, 0.25) is 0 Å². The van der Waals surface area contributed by atoms with Crippen LogP contribution in [-0.4, -0.2) is 59.3 Å². The van der Waals surface area contributed by atoms with E-state index in [0.29, 0.717) is 19.4 Å². The Morgan fingerprint density at radius 2 is 1.57 bits per heavy atom. The molecule has 2 amide bonds. The molecule has 0 spiro atoms. The van der Waals surface area contributed by atoms with Crippen molar-refractivity contribution in [2.45, 2.75) is 56.9 Å². The first-order valence-corrected chi connectivity index (χ1v) is 13.7. The highest BCUT2D eigenvalue weighted by Crippen LogP contribution is 2.44. The zero-order valence-electron chi connectivity index (χ0n) is 22.5. The molecule has 8 nitrogen and oxygen atoms in total. The van der Waals surface area contributed by atoms with E-state index in [1.807, 2.05) is 66.7 Å². The number of benzene rings is 3. The molecule has 3 atom stereocenters. The molecule has 0 saturated carbocycles. The van der Waals surface area contributed by atoms with Crippen molar-refractivity contribution < 1.29 is 29.0 Å². The number of aliphatic carboxylic acids is 1. The molecule has 1 aliphatic carbocycles. The highest BCUT2D eigenvalue weighted by atomic mass is 16.5. The maximum atomic E-state index is 13.7. The Bertz CT molecular complexity index is 1310. The van der Waals surface area contributed by atoms with Crippen LogP contribution in [0.1, 0.15) is 48.8 Å². The molecule has 8 heteroatoms. The molecule has 1 fully saturated rings. The number of carboxylic acids is 1. The molecule has 2 N–H and O–H groups in total. The van der Waals surface area contributed by atoms with Crippen molar-refractivity contribution in [2.24, 2.45) is 0 Å². The van der Waals surface area contributed by atoms with Crippen molar-refractivity contribution in [3.63, 3.8) is 0 Å². The first-order chi connectivity index (χ1) is 19.4. The summed E-state index contributed by atoms with van der Waals surface area (Å²) in [7, 11) is 0. The maximum Gasteiger partial charge on any atom is 0.407 e. The number of amides is 2. The number of carboxylic acid groups (broad SMARTS) is 1. The van der Waals surface area contributed by atoms with Crippen LogP contribution in [0.3, 0.4) is 0 Å². The monoisotopic (exact) mass is 542 g/mol. The predicted molar refractivity (Wildman–Crippen MR) is 150 cm³/mol. The van der Waals surface area contributed by atoms with E-state index in [0.717, 1.165) is 27.8 Å². The molecule has 3 aromatic carbocycles. The SMILES string of the molecule is C[C@H](OCc1ccccc1)[C@@H](NC(=O)OCC1c2ccccc2-c2ccccc21)C(=O)N1CCC[C@@H]1CC(=O)O. The third-order valence-electron chi connectivity index (χ3n) is 7.78. The lowest BCUT2D eigenvalue weighted by Crippen LogP contribution is -2.55. The van der Waals surface area contributed by atoms with Gasteiger partial charge in [0.15, 0.2) is 0 Å². The Hall–Kier alpha value is -4.17. The average Bonchev–Trinajstić information content (AvgIpc) is 3.55. The molecule has 2 aliphatic rings. The molecule has 0 unspecified atom stereocenters. The third-order valence-corrected chi connectivity index (χ3v) is 7.78. The summed E-state index contributed by atoms with van der Waals surface area (Å²) < 4.78 is 11.7. The molecule has 208 valence electrons. The Morgan fingerprint density at radius 3 is 2.23 bits per heavy atom. The quantitative estimate of drug-likeness (QED) is 0.375. The highest BCUT2D eigenvalue weighted by Gasteiger charge is 2.38. The molecule has 5 rings (SSSR count). The number of fused-ring (bicyclic) bond motifs is 3. The molecule has 0 radical (unpaired) electrons. The Balaban J connectivity index is 1.29. The molecular weight excluding hydrogens is 508 g/mol. The van der Waals surface area contributed by atoms with Crippen LogP contribution in [0, 0.1) is 0 Å². The van der Waals surface area contributed by atoms with Gasteiger partial charge in [0.1, 0.15) is 12.6 Å². The summed E-state index contributed by atoms with van der Waals surface area (Å²) in [6.07, 6.45) is -0.221. The molecular formula is C32H34N2O6. The van der Waals surface area contributed by atoms with Gasteiger partial charge in [0, 0.05) is 18.5 Å². The van der Waals surface area contributed by atoms with Gasteiger partial charge in [-0.1, -0.05) is 78.9 Å². The van der Waals surface area contributed by atoms with Gasteiger partial charge in [0.2, 0.25) is 5.91 Å². The molecule has 1 saturated heterocycles. The number of nitrogens with zero attached hydrogens (tertiary/aromatic N) is 1. The summed E-state index contributed by atoms with van der Waals surface area (Å²) in [4.78, 5) is 39.8. The number of carbonyl (C=O) groups is 3. The minimum absolute atomic E-state index is 0.113. The number of likely N-dealkylation sites (tertiary alicyclic amines) is 1. The second kappa shape index (κ2) is 12.3. The second-order valence-corrected chi connectivity index (χ2v) is 10.4. The lowest BCUT2D eigenvalue weighted by Gasteiger charge is -2.31. The van der Waals surface area contributed by atoms with Gasteiger partial charge in [-0.25, -0.2) is 4.79 Å². The molecule has 40 heavy (non-hydrogen) atoms. The van der Waals surface area contributed by atoms with Crippen LogP contribution < -0.4 is 5.32 Å². The van der Waals surface area contributed by atoms with Crippen molar-refractivity contribution >= 4 is 18.0 Å². The molecule has 0 bridgehead atoms. The fourth-order valence-electron chi connectivity index (χ4n) is 5.76. The fourth-order valence-corrected chi connectivity index (χ4v) is 5.76. The van der Waals surface area contributed by atoms with E-state index >= 15 is 0 Å². The first-order valence-electron chi connectivity index (χ1n) is 13.7. The normalized spacial score (nSPS) is 17.5. The topological polar surface area (TPSA) is 105 Å². The highest BCUT2D eigenvalue weighted by molar-refractivity contribution is 5.87. The van der Waals surface area contributed by atoms with Gasteiger partial charge in [-0.15, -0.1) is 0 Å². The summed E-state index contributed by atoms with van der Waals surface area (Å²) in [5.74, 6) is -1.44. The summed E-state index contributed by atoms with van der Waals surface area (Å²) in [6.45, 7) is 2.55. The second-order valence-electron chi connectivity index (χ2n) is 10.4. The van der Waals surface area contributed by atoms with Crippen LogP contribution in [0.5, 0.6) is 0 Å². The summed E-state index contributed by atoms with van der Waals surface area (Å²) in [5.41, 5.74) is 5.38. The van der Waals surface area contributed by atoms with Gasteiger partial charge in [-0.05, 0) is 47.6 Å². The predicted octanol–water partition coefficient (Wildman–Crippen LogP) is 4.96. The largest absolute Gasteiger partial charge is 0.481 e. The third kappa shape index (κ3) is 6.02. The smallest absolute Gasteiger partial charge is 0.407 e.